The Morgan fingerprint density at radius 3 is 2.22 bits per heavy atom. The molecule has 0 heterocycles. The number of carbonyl (C=O) groups is 2. The van der Waals surface area contributed by atoms with E-state index in [0.717, 1.165) is 12.0 Å². The number of carbonyl (C=O) groups excluding carboxylic acids is 2. The number of aliphatic hydroxyl groups is 1. The average molecular weight is 318 g/mol. The molecular weight excluding hydrogens is 292 g/mol. The second-order valence-electron chi connectivity index (χ2n) is 5.55. The topological polar surface area (TPSA) is 78.4 Å². The Bertz CT molecular complexity index is 572. The van der Waals surface area contributed by atoms with Crippen LogP contribution in [0.2, 0.25) is 0 Å². The Morgan fingerprint density at radius 1 is 1.13 bits per heavy atom. The lowest BCUT2D eigenvalue weighted by Gasteiger charge is -2.14. The first-order valence-electron chi connectivity index (χ1n) is 7.92. The second-order valence-corrected chi connectivity index (χ2v) is 5.55. The number of amides is 2. The molecular formula is C18H26N2O3. The van der Waals surface area contributed by atoms with E-state index in [2.05, 4.69) is 10.6 Å². The predicted molar refractivity (Wildman–Crippen MR) is 92.4 cm³/mol. The van der Waals surface area contributed by atoms with Gasteiger partial charge in [-0.1, -0.05) is 19.4 Å². The van der Waals surface area contributed by atoms with E-state index in [4.69, 9.17) is 5.11 Å². The Hall–Kier alpha value is -2.14. The van der Waals surface area contributed by atoms with Gasteiger partial charge in [0.25, 0.3) is 11.8 Å². The van der Waals surface area contributed by atoms with Crippen LogP contribution < -0.4 is 10.6 Å². The van der Waals surface area contributed by atoms with Crippen molar-refractivity contribution in [2.24, 2.45) is 0 Å². The fraction of sp³-hybridized carbons (Fsp3) is 0.444. The molecule has 0 aliphatic heterocycles. The molecule has 0 spiro atoms. The summed E-state index contributed by atoms with van der Waals surface area (Å²) < 4.78 is 0. The van der Waals surface area contributed by atoms with Crippen LogP contribution in [0.3, 0.4) is 0 Å². The Kier molecular flexibility index (Phi) is 7.48. The SMILES string of the molecule is CC/C(C)=C(/C)C(=O)Nc1ccc(C(=O)NC(CC)CO)cc1. The number of anilines is 1. The first-order chi connectivity index (χ1) is 10.9. The lowest BCUT2D eigenvalue weighted by atomic mass is 10.1. The molecule has 0 aromatic heterocycles. The minimum atomic E-state index is -0.244. The molecule has 0 saturated heterocycles. The van der Waals surface area contributed by atoms with Crippen LogP contribution in [0.15, 0.2) is 35.4 Å². The van der Waals surface area contributed by atoms with Gasteiger partial charge in [0.15, 0.2) is 0 Å². The molecule has 2 amide bonds. The smallest absolute Gasteiger partial charge is 0.251 e. The summed E-state index contributed by atoms with van der Waals surface area (Å²) in [7, 11) is 0. The molecule has 0 radical (unpaired) electrons. The zero-order chi connectivity index (χ0) is 17.4. The van der Waals surface area contributed by atoms with Gasteiger partial charge in [-0.3, -0.25) is 9.59 Å². The second kappa shape index (κ2) is 9.10. The highest BCUT2D eigenvalue weighted by Crippen LogP contribution is 2.13. The maximum Gasteiger partial charge on any atom is 0.251 e. The van der Waals surface area contributed by atoms with Crippen LogP contribution in [0.5, 0.6) is 0 Å². The summed E-state index contributed by atoms with van der Waals surface area (Å²) in [5, 5.41) is 14.7. The van der Waals surface area contributed by atoms with Crippen molar-refractivity contribution in [2.45, 2.75) is 46.6 Å². The van der Waals surface area contributed by atoms with Gasteiger partial charge < -0.3 is 15.7 Å². The summed E-state index contributed by atoms with van der Waals surface area (Å²) in [6.07, 6.45) is 1.50. The zero-order valence-electron chi connectivity index (χ0n) is 14.3. The van der Waals surface area contributed by atoms with Crippen molar-refractivity contribution in [3.63, 3.8) is 0 Å². The van der Waals surface area contributed by atoms with Gasteiger partial charge in [0.1, 0.15) is 0 Å². The highest BCUT2D eigenvalue weighted by atomic mass is 16.3. The third-order valence-electron chi connectivity index (χ3n) is 3.96. The van der Waals surface area contributed by atoms with E-state index >= 15 is 0 Å². The molecule has 0 bridgehead atoms. The molecule has 0 saturated carbocycles. The van der Waals surface area contributed by atoms with Crippen molar-refractivity contribution in [3.8, 4) is 0 Å². The fourth-order valence-corrected chi connectivity index (χ4v) is 1.93. The largest absolute Gasteiger partial charge is 0.394 e. The highest BCUT2D eigenvalue weighted by molar-refractivity contribution is 6.04. The molecule has 0 aliphatic carbocycles. The predicted octanol–water partition coefficient (Wildman–Crippen LogP) is 2.87. The third-order valence-corrected chi connectivity index (χ3v) is 3.96. The molecule has 0 fully saturated rings. The van der Waals surface area contributed by atoms with Gasteiger partial charge in [-0.15, -0.1) is 0 Å². The summed E-state index contributed by atoms with van der Waals surface area (Å²) in [5.41, 5.74) is 2.90. The number of benzene rings is 1. The standard InChI is InChI=1S/C18H26N2O3/c1-5-12(3)13(4)17(22)20-16-9-7-14(8-10-16)18(23)19-15(6-2)11-21/h7-10,15,21H,5-6,11H2,1-4H3,(H,19,23)(H,20,22)/b13-12-. The Labute approximate surface area is 137 Å². The van der Waals surface area contributed by atoms with Gasteiger partial charge >= 0.3 is 0 Å². The summed E-state index contributed by atoms with van der Waals surface area (Å²) >= 11 is 0. The number of aliphatic hydroxyl groups excluding tert-OH is 1. The maximum atomic E-state index is 12.1. The summed E-state index contributed by atoms with van der Waals surface area (Å²) in [4.78, 5) is 24.1. The van der Waals surface area contributed by atoms with Crippen LogP contribution in [0.1, 0.15) is 50.9 Å². The van der Waals surface area contributed by atoms with Crippen molar-refractivity contribution in [1.29, 1.82) is 0 Å². The van der Waals surface area contributed by atoms with E-state index in [1.165, 1.54) is 0 Å². The van der Waals surface area contributed by atoms with Gasteiger partial charge in [0, 0.05) is 16.8 Å². The Morgan fingerprint density at radius 2 is 1.74 bits per heavy atom. The zero-order valence-corrected chi connectivity index (χ0v) is 14.3. The van der Waals surface area contributed by atoms with Gasteiger partial charge in [-0.25, -0.2) is 0 Å². The highest BCUT2D eigenvalue weighted by Gasteiger charge is 2.12. The molecule has 1 aromatic rings. The minimum Gasteiger partial charge on any atom is -0.394 e. The van der Waals surface area contributed by atoms with E-state index in [-0.39, 0.29) is 24.5 Å². The van der Waals surface area contributed by atoms with Crippen LogP contribution in [-0.2, 0) is 4.79 Å². The molecule has 5 nitrogen and oxygen atoms in total. The first-order valence-corrected chi connectivity index (χ1v) is 7.92. The monoisotopic (exact) mass is 318 g/mol. The summed E-state index contributed by atoms with van der Waals surface area (Å²) in [6, 6.07) is 6.45. The number of rotatable bonds is 7. The molecule has 1 aromatic carbocycles. The first kappa shape index (κ1) is 18.9. The summed E-state index contributed by atoms with van der Waals surface area (Å²) in [5.74, 6) is -0.366. The van der Waals surface area contributed by atoms with Gasteiger partial charge in [0.2, 0.25) is 0 Å². The van der Waals surface area contributed by atoms with Crippen molar-refractivity contribution in [1.82, 2.24) is 5.32 Å². The molecule has 1 unspecified atom stereocenters. The normalized spacial score (nSPS) is 13.1. The molecule has 126 valence electrons. The van der Waals surface area contributed by atoms with Crippen molar-refractivity contribution in [2.75, 3.05) is 11.9 Å². The van der Waals surface area contributed by atoms with E-state index in [1.54, 1.807) is 31.2 Å². The minimum absolute atomic E-state index is 0.0846. The average Bonchev–Trinajstić information content (AvgIpc) is 2.58. The Balaban J connectivity index is 2.74. The van der Waals surface area contributed by atoms with Crippen molar-refractivity contribution in [3.05, 3.63) is 41.0 Å². The fourth-order valence-electron chi connectivity index (χ4n) is 1.93. The van der Waals surface area contributed by atoms with Crippen LogP contribution in [-0.4, -0.2) is 29.6 Å². The van der Waals surface area contributed by atoms with Crippen LogP contribution >= 0.6 is 0 Å². The van der Waals surface area contributed by atoms with Crippen LogP contribution in [0, 0.1) is 0 Å². The van der Waals surface area contributed by atoms with Crippen LogP contribution in [0.25, 0.3) is 0 Å². The molecule has 1 rings (SSSR count). The maximum absolute atomic E-state index is 12.1. The van der Waals surface area contributed by atoms with E-state index < -0.39 is 0 Å². The van der Waals surface area contributed by atoms with Crippen molar-refractivity contribution >= 4 is 17.5 Å². The third kappa shape index (κ3) is 5.53. The quantitative estimate of drug-likeness (QED) is 0.676. The van der Waals surface area contributed by atoms with Gasteiger partial charge in [-0.2, -0.15) is 0 Å². The van der Waals surface area contributed by atoms with Gasteiger partial charge in [0.05, 0.1) is 12.6 Å². The number of nitrogens with one attached hydrogen (secondary N) is 2. The van der Waals surface area contributed by atoms with E-state index in [0.29, 0.717) is 23.2 Å². The lowest BCUT2D eigenvalue weighted by molar-refractivity contribution is -0.112. The van der Waals surface area contributed by atoms with E-state index in [1.807, 2.05) is 20.8 Å². The van der Waals surface area contributed by atoms with Crippen LogP contribution in [0.4, 0.5) is 5.69 Å². The number of allylic oxidation sites excluding steroid dienone is 1. The van der Waals surface area contributed by atoms with Crippen molar-refractivity contribution < 1.29 is 14.7 Å². The lowest BCUT2D eigenvalue weighted by Crippen LogP contribution is -2.36. The number of hydrogen-bond acceptors (Lipinski definition) is 3. The van der Waals surface area contributed by atoms with E-state index in [9.17, 15) is 9.59 Å². The summed E-state index contributed by atoms with van der Waals surface area (Å²) in [6.45, 7) is 7.56. The molecule has 1 atom stereocenters. The number of hydrogen-bond donors (Lipinski definition) is 3. The molecule has 23 heavy (non-hydrogen) atoms. The molecule has 3 N–H and O–H groups in total. The molecule has 0 aliphatic rings. The molecule has 5 heteroatoms. The van der Waals surface area contributed by atoms with Gasteiger partial charge in [-0.05, 0) is 51.0 Å².